The van der Waals surface area contributed by atoms with Crippen LogP contribution in [0.1, 0.15) is 16.7 Å². The number of carbonyl (C=O) groups is 1. The molecule has 2 aromatic rings. The molecule has 1 amide bonds. The molecule has 2 aromatic carbocycles. The van der Waals surface area contributed by atoms with Crippen LogP contribution in [-0.2, 0) is 17.4 Å². The van der Waals surface area contributed by atoms with Crippen LogP contribution in [-0.4, -0.2) is 5.91 Å². The monoisotopic (exact) mass is 308 g/mol. The van der Waals surface area contributed by atoms with Gasteiger partial charge in [0.15, 0.2) is 0 Å². The third-order valence-electron chi connectivity index (χ3n) is 3.13. The topological polar surface area (TPSA) is 55.1 Å². The summed E-state index contributed by atoms with van der Waals surface area (Å²) in [6.07, 6.45) is -4.46. The molecule has 0 aliphatic heterocycles. The fourth-order valence-electron chi connectivity index (χ4n) is 1.98. The summed E-state index contributed by atoms with van der Waals surface area (Å²) in [6.45, 7) is 1.93. The number of aryl methyl sites for hydroxylation is 1. The molecular formula is C16H15F3N2O. The van der Waals surface area contributed by atoms with Crippen LogP contribution >= 0.6 is 0 Å². The van der Waals surface area contributed by atoms with Crippen molar-refractivity contribution >= 4 is 17.3 Å². The van der Waals surface area contributed by atoms with E-state index in [9.17, 15) is 18.0 Å². The quantitative estimate of drug-likeness (QED) is 0.848. The second kappa shape index (κ2) is 6.09. The van der Waals surface area contributed by atoms with E-state index in [4.69, 9.17) is 5.73 Å². The molecule has 0 radical (unpaired) electrons. The third kappa shape index (κ3) is 4.00. The summed E-state index contributed by atoms with van der Waals surface area (Å²) in [4.78, 5) is 11.9. The van der Waals surface area contributed by atoms with Crippen molar-refractivity contribution in [2.24, 2.45) is 0 Å². The first kappa shape index (κ1) is 15.9. The van der Waals surface area contributed by atoms with Gasteiger partial charge in [0.1, 0.15) is 0 Å². The van der Waals surface area contributed by atoms with E-state index in [0.29, 0.717) is 0 Å². The largest absolute Gasteiger partial charge is 0.418 e. The van der Waals surface area contributed by atoms with Crippen molar-refractivity contribution in [1.29, 1.82) is 0 Å². The highest BCUT2D eigenvalue weighted by Gasteiger charge is 2.33. The van der Waals surface area contributed by atoms with E-state index in [1.807, 2.05) is 19.1 Å². The minimum atomic E-state index is -4.55. The first-order chi connectivity index (χ1) is 10.3. The number of carbonyl (C=O) groups excluding carboxylic acids is 1. The van der Waals surface area contributed by atoms with E-state index in [2.05, 4.69) is 5.32 Å². The fourth-order valence-corrected chi connectivity index (χ4v) is 1.98. The van der Waals surface area contributed by atoms with Gasteiger partial charge in [0.05, 0.1) is 12.0 Å². The standard InChI is InChI=1S/C16H15F3N2O/c1-10-2-4-11(5-3-10)8-15(22)21-12-6-7-14(20)13(9-12)16(17,18)19/h2-7,9H,8,20H2,1H3,(H,21,22). The maximum absolute atomic E-state index is 12.8. The lowest BCUT2D eigenvalue weighted by atomic mass is 10.1. The van der Waals surface area contributed by atoms with Crippen molar-refractivity contribution < 1.29 is 18.0 Å². The summed E-state index contributed by atoms with van der Waals surface area (Å²) in [7, 11) is 0. The molecule has 3 N–H and O–H groups in total. The van der Waals surface area contributed by atoms with Crippen LogP contribution in [0, 0.1) is 6.92 Å². The second-order valence-corrected chi connectivity index (χ2v) is 5.01. The van der Waals surface area contributed by atoms with Crippen LogP contribution in [0.25, 0.3) is 0 Å². The van der Waals surface area contributed by atoms with Gasteiger partial charge in [0.2, 0.25) is 5.91 Å². The molecule has 0 aliphatic carbocycles. The Bertz CT molecular complexity index is 679. The van der Waals surface area contributed by atoms with Gasteiger partial charge in [0, 0.05) is 11.4 Å². The van der Waals surface area contributed by atoms with Crippen LogP contribution in [0.3, 0.4) is 0 Å². The van der Waals surface area contributed by atoms with Crippen LogP contribution in [0.15, 0.2) is 42.5 Å². The highest BCUT2D eigenvalue weighted by molar-refractivity contribution is 5.92. The zero-order valence-electron chi connectivity index (χ0n) is 11.9. The molecule has 0 saturated heterocycles. The summed E-state index contributed by atoms with van der Waals surface area (Å²) in [6, 6.07) is 10.7. The maximum atomic E-state index is 12.8. The molecule has 0 spiro atoms. The second-order valence-electron chi connectivity index (χ2n) is 5.01. The van der Waals surface area contributed by atoms with Gasteiger partial charge in [-0.05, 0) is 30.7 Å². The Morgan fingerprint density at radius 1 is 1.14 bits per heavy atom. The molecule has 22 heavy (non-hydrogen) atoms. The van der Waals surface area contributed by atoms with E-state index < -0.39 is 11.7 Å². The number of hydrogen-bond acceptors (Lipinski definition) is 2. The molecule has 116 valence electrons. The highest BCUT2D eigenvalue weighted by atomic mass is 19.4. The van der Waals surface area contributed by atoms with Crippen LogP contribution in [0.4, 0.5) is 24.5 Å². The average molecular weight is 308 g/mol. The predicted molar refractivity (Wildman–Crippen MR) is 79.4 cm³/mol. The van der Waals surface area contributed by atoms with Gasteiger partial charge in [0.25, 0.3) is 0 Å². The van der Waals surface area contributed by atoms with Crippen LogP contribution < -0.4 is 11.1 Å². The minimum absolute atomic E-state index is 0.0682. The Morgan fingerprint density at radius 3 is 2.36 bits per heavy atom. The van der Waals surface area contributed by atoms with Crippen molar-refractivity contribution in [1.82, 2.24) is 0 Å². The lowest BCUT2D eigenvalue weighted by Gasteiger charge is -2.12. The third-order valence-corrected chi connectivity index (χ3v) is 3.13. The molecule has 0 aromatic heterocycles. The van der Waals surface area contributed by atoms with E-state index in [0.717, 1.165) is 23.3 Å². The summed E-state index contributed by atoms with van der Waals surface area (Å²) < 4.78 is 38.3. The number of amides is 1. The SMILES string of the molecule is Cc1ccc(CC(=O)Nc2ccc(N)c(C(F)(F)F)c2)cc1. The average Bonchev–Trinajstić information content (AvgIpc) is 2.42. The molecule has 0 atom stereocenters. The van der Waals surface area contributed by atoms with Gasteiger partial charge in [-0.15, -0.1) is 0 Å². The number of rotatable bonds is 3. The Hall–Kier alpha value is -2.50. The van der Waals surface area contributed by atoms with Crippen LogP contribution in [0.5, 0.6) is 0 Å². The Morgan fingerprint density at radius 2 is 1.77 bits per heavy atom. The Labute approximate surface area is 125 Å². The van der Waals surface area contributed by atoms with Gasteiger partial charge >= 0.3 is 6.18 Å². The fraction of sp³-hybridized carbons (Fsp3) is 0.188. The summed E-state index contributed by atoms with van der Waals surface area (Å²) in [5.41, 5.74) is 5.90. The molecule has 2 rings (SSSR count). The van der Waals surface area contributed by atoms with Crippen molar-refractivity contribution in [2.45, 2.75) is 19.5 Å². The predicted octanol–water partition coefficient (Wildman–Crippen LogP) is 3.78. The smallest absolute Gasteiger partial charge is 0.398 e. The summed E-state index contributed by atoms with van der Waals surface area (Å²) >= 11 is 0. The number of nitrogens with two attached hydrogens (primary N) is 1. The summed E-state index contributed by atoms with van der Waals surface area (Å²) in [5, 5.41) is 2.45. The van der Waals surface area contributed by atoms with E-state index >= 15 is 0 Å². The van der Waals surface area contributed by atoms with Crippen molar-refractivity contribution in [3.63, 3.8) is 0 Å². The molecule has 0 fully saturated rings. The molecule has 3 nitrogen and oxygen atoms in total. The van der Waals surface area contributed by atoms with Crippen molar-refractivity contribution in [2.75, 3.05) is 11.1 Å². The number of halogens is 3. The molecular weight excluding hydrogens is 293 g/mol. The van der Waals surface area contributed by atoms with E-state index in [1.54, 1.807) is 12.1 Å². The minimum Gasteiger partial charge on any atom is -0.398 e. The highest BCUT2D eigenvalue weighted by Crippen LogP contribution is 2.35. The van der Waals surface area contributed by atoms with Gasteiger partial charge in [-0.3, -0.25) is 4.79 Å². The first-order valence-electron chi connectivity index (χ1n) is 6.58. The van der Waals surface area contributed by atoms with Crippen molar-refractivity contribution in [3.8, 4) is 0 Å². The number of alkyl halides is 3. The summed E-state index contributed by atoms with van der Waals surface area (Å²) in [5.74, 6) is -0.387. The van der Waals surface area contributed by atoms with Crippen molar-refractivity contribution in [3.05, 3.63) is 59.2 Å². The zero-order chi connectivity index (χ0) is 16.3. The lowest BCUT2D eigenvalue weighted by Crippen LogP contribution is -2.16. The van der Waals surface area contributed by atoms with Gasteiger partial charge < -0.3 is 11.1 Å². The lowest BCUT2D eigenvalue weighted by molar-refractivity contribution is -0.136. The number of benzene rings is 2. The van der Waals surface area contributed by atoms with Gasteiger partial charge in [-0.1, -0.05) is 29.8 Å². The van der Waals surface area contributed by atoms with E-state index in [-0.39, 0.29) is 23.7 Å². The first-order valence-corrected chi connectivity index (χ1v) is 6.58. The van der Waals surface area contributed by atoms with E-state index in [1.165, 1.54) is 6.07 Å². The Kier molecular flexibility index (Phi) is 4.40. The molecule has 0 heterocycles. The molecule has 0 bridgehead atoms. The van der Waals surface area contributed by atoms with Gasteiger partial charge in [-0.25, -0.2) is 0 Å². The zero-order valence-corrected chi connectivity index (χ0v) is 11.9. The number of anilines is 2. The Balaban J connectivity index is 2.10. The van der Waals surface area contributed by atoms with Gasteiger partial charge in [-0.2, -0.15) is 13.2 Å². The number of hydrogen-bond donors (Lipinski definition) is 2. The molecule has 6 heteroatoms. The molecule has 0 aliphatic rings. The molecule has 0 unspecified atom stereocenters. The normalized spacial score (nSPS) is 11.3. The number of nitrogen functional groups attached to an aromatic ring is 1. The van der Waals surface area contributed by atoms with Crippen LogP contribution in [0.2, 0.25) is 0 Å². The maximum Gasteiger partial charge on any atom is 0.418 e. The number of nitrogens with one attached hydrogen (secondary N) is 1. The molecule has 0 saturated carbocycles.